The molecule has 0 bridgehead atoms. The number of amides is 1. The Labute approximate surface area is 61.6 Å². The molecule has 0 aromatic carbocycles. The summed E-state index contributed by atoms with van der Waals surface area (Å²) >= 11 is 0. The van der Waals surface area contributed by atoms with Crippen LogP contribution in [0, 0.1) is 0 Å². The lowest BCUT2D eigenvalue weighted by Gasteiger charge is -2.34. The highest BCUT2D eigenvalue weighted by Crippen LogP contribution is 2.05. The van der Waals surface area contributed by atoms with Gasteiger partial charge >= 0.3 is 0 Å². The highest BCUT2D eigenvalue weighted by atomic mass is 16.2. The van der Waals surface area contributed by atoms with Gasteiger partial charge in [-0.2, -0.15) is 0 Å². The summed E-state index contributed by atoms with van der Waals surface area (Å²) in [6.45, 7) is 3.79. The lowest BCUT2D eigenvalue weighted by molar-refractivity contribution is -0.138. The summed E-state index contributed by atoms with van der Waals surface area (Å²) in [5.74, 6) is 0.230. The fraction of sp³-hybridized carbons (Fsp3) is 0.857. The second-order valence-electron chi connectivity index (χ2n) is 2.92. The van der Waals surface area contributed by atoms with Crippen molar-refractivity contribution in [2.75, 3.05) is 27.2 Å². The Hall–Kier alpha value is -0.570. The van der Waals surface area contributed by atoms with Gasteiger partial charge in [0, 0.05) is 20.1 Å². The number of carbonyl (C=O) groups is 1. The number of hydrogen-bond donors (Lipinski definition) is 0. The highest BCUT2D eigenvalue weighted by molar-refractivity contribution is 5.81. The topological polar surface area (TPSA) is 23.6 Å². The van der Waals surface area contributed by atoms with Gasteiger partial charge in [0.05, 0.1) is 6.04 Å². The van der Waals surface area contributed by atoms with E-state index in [4.69, 9.17) is 0 Å². The maximum atomic E-state index is 11.2. The highest BCUT2D eigenvalue weighted by Gasteiger charge is 2.25. The molecule has 0 aromatic rings. The summed E-state index contributed by atoms with van der Waals surface area (Å²) in [7, 11) is 3.83. The predicted octanol–water partition coefficient (Wildman–Crippen LogP) is -0.221. The molecule has 0 saturated carbocycles. The molecule has 0 aliphatic carbocycles. The average Bonchev–Trinajstić information content (AvgIpc) is 1.93. The van der Waals surface area contributed by atoms with Crippen molar-refractivity contribution in [2.24, 2.45) is 0 Å². The third-order valence-corrected chi connectivity index (χ3v) is 2.18. The Morgan fingerprint density at radius 3 is 2.50 bits per heavy atom. The zero-order valence-electron chi connectivity index (χ0n) is 6.79. The van der Waals surface area contributed by atoms with Gasteiger partial charge in [-0.3, -0.25) is 9.69 Å². The van der Waals surface area contributed by atoms with Crippen LogP contribution < -0.4 is 0 Å². The van der Waals surface area contributed by atoms with E-state index in [0.717, 1.165) is 13.1 Å². The van der Waals surface area contributed by atoms with Gasteiger partial charge in [0.25, 0.3) is 0 Å². The van der Waals surface area contributed by atoms with Gasteiger partial charge in [-0.1, -0.05) is 0 Å². The van der Waals surface area contributed by atoms with E-state index in [1.807, 2.05) is 21.0 Å². The average molecular weight is 142 g/mol. The van der Waals surface area contributed by atoms with E-state index in [9.17, 15) is 4.79 Å². The largest absolute Gasteiger partial charge is 0.343 e. The summed E-state index contributed by atoms with van der Waals surface area (Å²) in [5.41, 5.74) is 0. The number of rotatable bonds is 0. The van der Waals surface area contributed by atoms with Crippen LogP contribution in [0.25, 0.3) is 0 Å². The molecule has 1 rings (SSSR count). The molecular formula is C7H14N2O. The molecule has 0 aromatic heterocycles. The third kappa shape index (κ3) is 1.14. The van der Waals surface area contributed by atoms with Crippen LogP contribution in [-0.2, 0) is 4.79 Å². The van der Waals surface area contributed by atoms with Gasteiger partial charge in [0.1, 0.15) is 0 Å². The minimum absolute atomic E-state index is 0.0683. The zero-order valence-corrected chi connectivity index (χ0v) is 6.79. The standard InChI is InChI=1S/C7H14N2O/c1-6-7(10)9(3)5-4-8(6)2/h6H,4-5H2,1-3H3/t6-/m0/s1. The number of likely N-dealkylation sites (N-methyl/N-ethyl adjacent to an activating group) is 2. The van der Waals surface area contributed by atoms with Crippen molar-refractivity contribution in [2.45, 2.75) is 13.0 Å². The van der Waals surface area contributed by atoms with Crippen molar-refractivity contribution in [1.29, 1.82) is 0 Å². The van der Waals surface area contributed by atoms with Gasteiger partial charge < -0.3 is 4.90 Å². The molecular weight excluding hydrogens is 128 g/mol. The summed E-state index contributed by atoms with van der Waals surface area (Å²) in [5, 5.41) is 0. The quantitative estimate of drug-likeness (QED) is 0.467. The van der Waals surface area contributed by atoms with E-state index in [1.165, 1.54) is 0 Å². The van der Waals surface area contributed by atoms with Gasteiger partial charge in [-0.25, -0.2) is 0 Å². The first-order chi connectivity index (χ1) is 4.63. The summed E-state index contributed by atoms with van der Waals surface area (Å²) in [6, 6.07) is 0.0683. The second kappa shape index (κ2) is 2.58. The molecule has 3 heteroatoms. The van der Waals surface area contributed by atoms with E-state index < -0.39 is 0 Å². The maximum absolute atomic E-state index is 11.2. The third-order valence-electron chi connectivity index (χ3n) is 2.18. The maximum Gasteiger partial charge on any atom is 0.239 e. The molecule has 1 saturated heterocycles. The van der Waals surface area contributed by atoms with Crippen molar-refractivity contribution in [3.63, 3.8) is 0 Å². The Morgan fingerprint density at radius 2 is 2.00 bits per heavy atom. The smallest absolute Gasteiger partial charge is 0.239 e. The van der Waals surface area contributed by atoms with Crippen molar-refractivity contribution < 1.29 is 4.79 Å². The van der Waals surface area contributed by atoms with Gasteiger partial charge in [-0.15, -0.1) is 0 Å². The molecule has 0 N–H and O–H groups in total. The van der Waals surface area contributed by atoms with Crippen LogP contribution >= 0.6 is 0 Å². The van der Waals surface area contributed by atoms with Crippen LogP contribution in [0.15, 0.2) is 0 Å². The minimum Gasteiger partial charge on any atom is -0.343 e. The van der Waals surface area contributed by atoms with Crippen molar-refractivity contribution in [3.05, 3.63) is 0 Å². The van der Waals surface area contributed by atoms with Crippen molar-refractivity contribution in [3.8, 4) is 0 Å². The van der Waals surface area contributed by atoms with Crippen LogP contribution in [0.3, 0.4) is 0 Å². The Bertz CT molecular complexity index is 147. The molecule has 1 amide bonds. The first kappa shape index (κ1) is 7.54. The van der Waals surface area contributed by atoms with E-state index in [0.29, 0.717) is 0 Å². The van der Waals surface area contributed by atoms with E-state index in [1.54, 1.807) is 4.90 Å². The number of hydrogen-bond acceptors (Lipinski definition) is 2. The van der Waals surface area contributed by atoms with Crippen LogP contribution in [0.5, 0.6) is 0 Å². The zero-order chi connectivity index (χ0) is 7.72. The molecule has 1 heterocycles. The molecule has 0 spiro atoms. The van der Waals surface area contributed by atoms with Gasteiger partial charge in [0.2, 0.25) is 5.91 Å². The fourth-order valence-corrected chi connectivity index (χ4v) is 1.12. The lowest BCUT2D eigenvalue weighted by atomic mass is 10.2. The molecule has 0 radical (unpaired) electrons. The Balaban J connectivity index is 2.60. The predicted molar refractivity (Wildman–Crippen MR) is 39.7 cm³/mol. The molecule has 1 fully saturated rings. The minimum atomic E-state index is 0.0683. The first-order valence-corrected chi connectivity index (χ1v) is 3.58. The SMILES string of the molecule is C[C@H]1C(=O)N(C)CCN1C. The number of carbonyl (C=O) groups excluding carboxylic acids is 1. The molecule has 3 nitrogen and oxygen atoms in total. The normalized spacial score (nSPS) is 29.3. The van der Waals surface area contributed by atoms with E-state index in [-0.39, 0.29) is 11.9 Å². The molecule has 1 aliphatic heterocycles. The summed E-state index contributed by atoms with van der Waals surface area (Å²) in [6.07, 6.45) is 0. The van der Waals surface area contributed by atoms with Crippen molar-refractivity contribution in [1.82, 2.24) is 9.80 Å². The molecule has 1 atom stereocenters. The lowest BCUT2D eigenvalue weighted by Crippen LogP contribution is -2.52. The van der Waals surface area contributed by atoms with Crippen LogP contribution in [0.1, 0.15) is 6.92 Å². The van der Waals surface area contributed by atoms with Crippen molar-refractivity contribution >= 4 is 5.91 Å². The second-order valence-corrected chi connectivity index (χ2v) is 2.92. The molecule has 10 heavy (non-hydrogen) atoms. The first-order valence-electron chi connectivity index (χ1n) is 3.58. The fourth-order valence-electron chi connectivity index (χ4n) is 1.12. The monoisotopic (exact) mass is 142 g/mol. The Morgan fingerprint density at radius 1 is 1.40 bits per heavy atom. The van der Waals surface area contributed by atoms with E-state index in [2.05, 4.69) is 4.90 Å². The number of nitrogens with zero attached hydrogens (tertiary/aromatic N) is 2. The van der Waals surface area contributed by atoms with Gasteiger partial charge in [-0.05, 0) is 14.0 Å². The van der Waals surface area contributed by atoms with Gasteiger partial charge in [0.15, 0.2) is 0 Å². The van der Waals surface area contributed by atoms with Crippen LogP contribution in [-0.4, -0.2) is 48.9 Å². The summed E-state index contributed by atoms with van der Waals surface area (Å²) in [4.78, 5) is 15.1. The van der Waals surface area contributed by atoms with E-state index >= 15 is 0 Å². The van der Waals surface area contributed by atoms with Crippen LogP contribution in [0.2, 0.25) is 0 Å². The summed E-state index contributed by atoms with van der Waals surface area (Å²) < 4.78 is 0. The molecule has 1 aliphatic rings. The molecule has 0 unspecified atom stereocenters. The Kier molecular flexibility index (Phi) is 1.94. The van der Waals surface area contributed by atoms with Crippen LogP contribution in [0.4, 0.5) is 0 Å². The molecule has 58 valence electrons. The number of piperazine rings is 1.